The van der Waals surface area contributed by atoms with Crippen LogP contribution >= 0.6 is 15.9 Å². The maximum Gasteiger partial charge on any atom is 0.147 e. The molecule has 2 nitrogen and oxygen atoms in total. The van der Waals surface area contributed by atoms with Crippen LogP contribution in [0.3, 0.4) is 0 Å². The first-order chi connectivity index (χ1) is 9.66. The van der Waals surface area contributed by atoms with Crippen molar-refractivity contribution >= 4 is 21.6 Å². The summed E-state index contributed by atoms with van der Waals surface area (Å²) in [4.78, 5) is 0. The van der Waals surface area contributed by atoms with Crippen LogP contribution in [0, 0.1) is 11.6 Å². The van der Waals surface area contributed by atoms with Crippen LogP contribution in [-0.2, 0) is 0 Å². The van der Waals surface area contributed by atoms with E-state index >= 15 is 0 Å². The van der Waals surface area contributed by atoms with Gasteiger partial charge in [0.2, 0.25) is 0 Å². The van der Waals surface area contributed by atoms with Gasteiger partial charge in [0.1, 0.15) is 17.4 Å². The fraction of sp³-hybridized carbons (Fsp3) is 0.200. The summed E-state index contributed by atoms with van der Waals surface area (Å²) in [6.45, 7) is 1.02. The highest BCUT2D eigenvalue weighted by Gasteiger charge is 2.07. The molecule has 0 heterocycles. The van der Waals surface area contributed by atoms with Crippen molar-refractivity contribution < 1.29 is 13.5 Å². The lowest BCUT2D eigenvalue weighted by atomic mass is 10.3. The molecule has 1 N–H and O–H groups in total. The van der Waals surface area contributed by atoms with Crippen LogP contribution in [0.25, 0.3) is 0 Å². The van der Waals surface area contributed by atoms with Crippen LogP contribution in [0.15, 0.2) is 46.9 Å². The van der Waals surface area contributed by atoms with Crippen molar-refractivity contribution in [3.05, 3.63) is 58.6 Å². The second-order valence-electron chi connectivity index (χ2n) is 4.19. The number of hydrogen-bond donors (Lipinski definition) is 1. The standard InChI is InChI=1S/C15H14BrF2NO/c16-12-9-14(18)15(10-13(12)17)19-7-4-8-20-11-5-2-1-3-6-11/h1-3,5-6,9-10,19H,4,7-8H2. The van der Waals surface area contributed by atoms with E-state index < -0.39 is 11.6 Å². The Labute approximate surface area is 124 Å². The van der Waals surface area contributed by atoms with Crippen molar-refractivity contribution in [2.45, 2.75) is 6.42 Å². The third kappa shape index (κ3) is 4.20. The van der Waals surface area contributed by atoms with Crippen LogP contribution in [0.5, 0.6) is 5.75 Å². The Bertz CT molecular complexity index is 563. The fourth-order valence-electron chi connectivity index (χ4n) is 1.66. The Kier molecular flexibility index (Phi) is 5.35. The molecule has 0 unspecified atom stereocenters. The molecule has 0 saturated heterocycles. The molecule has 0 spiro atoms. The van der Waals surface area contributed by atoms with Crippen molar-refractivity contribution in [2.75, 3.05) is 18.5 Å². The topological polar surface area (TPSA) is 21.3 Å². The summed E-state index contributed by atoms with van der Waals surface area (Å²) in [5, 5.41) is 2.85. The minimum atomic E-state index is -0.491. The number of ether oxygens (including phenoxy) is 1. The third-order valence-corrected chi connectivity index (χ3v) is 3.27. The molecule has 0 atom stereocenters. The molecule has 2 aromatic rings. The summed E-state index contributed by atoms with van der Waals surface area (Å²) in [5.41, 5.74) is 0.158. The molecule has 0 amide bonds. The molecule has 0 aliphatic carbocycles. The molecule has 0 aliphatic rings. The summed E-state index contributed by atoms with van der Waals surface area (Å²) in [6, 6.07) is 11.7. The summed E-state index contributed by atoms with van der Waals surface area (Å²) >= 11 is 2.94. The van der Waals surface area contributed by atoms with E-state index in [2.05, 4.69) is 21.2 Å². The minimum Gasteiger partial charge on any atom is -0.494 e. The molecule has 20 heavy (non-hydrogen) atoms. The predicted molar refractivity (Wildman–Crippen MR) is 79.1 cm³/mol. The van der Waals surface area contributed by atoms with E-state index in [1.54, 1.807) is 0 Å². The second-order valence-corrected chi connectivity index (χ2v) is 5.04. The van der Waals surface area contributed by atoms with E-state index in [0.29, 0.717) is 19.6 Å². The van der Waals surface area contributed by atoms with Gasteiger partial charge in [-0.1, -0.05) is 18.2 Å². The lowest BCUT2D eigenvalue weighted by Gasteiger charge is -2.09. The molecule has 5 heteroatoms. The molecule has 2 rings (SSSR count). The lowest BCUT2D eigenvalue weighted by Crippen LogP contribution is -2.08. The number of para-hydroxylation sites is 1. The first kappa shape index (κ1) is 14.8. The van der Waals surface area contributed by atoms with Crippen molar-refractivity contribution in [2.24, 2.45) is 0 Å². The van der Waals surface area contributed by atoms with Crippen molar-refractivity contribution in [1.82, 2.24) is 0 Å². The maximum absolute atomic E-state index is 13.5. The third-order valence-electron chi connectivity index (χ3n) is 2.66. The Morgan fingerprint density at radius 1 is 1.05 bits per heavy atom. The summed E-state index contributed by atoms with van der Waals surface area (Å²) in [6.07, 6.45) is 0.687. The SMILES string of the molecule is Fc1cc(NCCCOc2ccccc2)c(F)cc1Br. The minimum absolute atomic E-state index is 0.118. The monoisotopic (exact) mass is 341 g/mol. The smallest absolute Gasteiger partial charge is 0.147 e. The number of anilines is 1. The zero-order chi connectivity index (χ0) is 14.4. The van der Waals surface area contributed by atoms with Crippen LogP contribution < -0.4 is 10.1 Å². The van der Waals surface area contributed by atoms with Gasteiger partial charge in [-0.25, -0.2) is 8.78 Å². The molecular weight excluding hydrogens is 328 g/mol. The quantitative estimate of drug-likeness (QED) is 0.612. The second kappa shape index (κ2) is 7.24. The summed E-state index contributed by atoms with van der Waals surface area (Å²) < 4.78 is 32.4. The molecule has 0 aliphatic heterocycles. The van der Waals surface area contributed by atoms with E-state index in [-0.39, 0.29) is 10.2 Å². The molecule has 0 saturated carbocycles. The van der Waals surface area contributed by atoms with E-state index in [1.807, 2.05) is 30.3 Å². The zero-order valence-electron chi connectivity index (χ0n) is 10.7. The summed E-state index contributed by atoms with van der Waals surface area (Å²) in [7, 11) is 0. The molecule has 0 bridgehead atoms. The van der Waals surface area contributed by atoms with Gasteiger partial charge in [-0.3, -0.25) is 0 Å². The normalized spacial score (nSPS) is 10.3. The van der Waals surface area contributed by atoms with Gasteiger partial charge in [-0.2, -0.15) is 0 Å². The number of nitrogens with one attached hydrogen (secondary N) is 1. The van der Waals surface area contributed by atoms with Crippen LogP contribution in [-0.4, -0.2) is 13.2 Å². The first-order valence-corrected chi connectivity index (χ1v) is 7.02. The number of halogens is 3. The highest BCUT2D eigenvalue weighted by atomic mass is 79.9. The van der Waals surface area contributed by atoms with Gasteiger partial charge in [0.25, 0.3) is 0 Å². The predicted octanol–water partition coefficient (Wildman–Crippen LogP) is 4.61. The fourth-order valence-corrected chi connectivity index (χ4v) is 1.98. The van der Waals surface area contributed by atoms with Crippen molar-refractivity contribution in [3.8, 4) is 5.75 Å². The van der Waals surface area contributed by atoms with Crippen molar-refractivity contribution in [1.29, 1.82) is 0 Å². The Balaban J connectivity index is 1.75. The van der Waals surface area contributed by atoms with Crippen LogP contribution in [0.2, 0.25) is 0 Å². The Morgan fingerprint density at radius 3 is 2.55 bits per heavy atom. The van der Waals surface area contributed by atoms with Crippen LogP contribution in [0.1, 0.15) is 6.42 Å². The van der Waals surface area contributed by atoms with Gasteiger partial charge in [0, 0.05) is 12.6 Å². The molecule has 0 fully saturated rings. The van der Waals surface area contributed by atoms with Crippen molar-refractivity contribution in [3.63, 3.8) is 0 Å². The lowest BCUT2D eigenvalue weighted by molar-refractivity contribution is 0.315. The number of benzene rings is 2. The maximum atomic E-state index is 13.5. The van der Waals surface area contributed by atoms with Gasteiger partial charge >= 0.3 is 0 Å². The van der Waals surface area contributed by atoms with Gasteiger partial charge < -0.3 is 10.1 Å². The van der Waals surface area contributed by atoms with E-state index in [0.717, 1.165) is 17.9 Å². The number of hydrogen-bond acceptors (Lipinski definition) is 2. The Hall–Kier alpha value is -1.62. The highest BCUT2D eigenvalue weighted by Crippen LogP contribution is 2.23. The average Bonchev–Trinajstić information content (AvgIpc) is 2.45. The Morgan fingerprint density at radius 2 is 1.80 bits per heavy atom. The molecule has 0 aromatic heterocycles. The number of rotatable bonds is 6. The molecular formula is C15H14BrF2NO. The van der Waals surface area contributed by atoms with Crippen LogP contribution in [0.4, 0.5) is 14.5 Å². The van der Waals surface area contributed by atoms with E-state index in [1.165, 1.54) is 0 Å². The highest BCUT2D eigenvalue weighted by molar-refractivity contribution is 9.10. The molecule has 2 aromatic carbocycles. The molecule has 0 radical (unpaired) electrons. The average molecular weight is 342 g/mol. The van der Waals surface area contributed by atoms with Gasteiger partial charge in [-0.15, -0.1) is 0 Å². The largest absolute Gasteiger partial charge is 0.494 e. The molecule has 106 valence electrons. The zero-order valence-corrected chi connectivity index (χ0v) is 12.3. The van der Waals surface area contributed by atoms with Gasteiger partial charge in [0.05, 0.1) is 16.8 Å². The first-order valence-electron chi connectivity index (χ1n) is 6.23. The van der Waals surface area contributed by atoms with E-state index in [9.17, 15) is 8.78 Å². The van der Waals surface area contributed by atoms with Gasteiger partial charge in [0.15, 0.2) is 0 Å². The van der Waals surface area contributed by atoms with E-state index in [4.69, 9.17) is 4.74 Å². The summed E-state index contributed by atoms with van der Waals surface area (Å²) in [5.74, 6) is -0.176. The van der Waals surface area contributed by atoms with Gasteiger partial charge in [-0.05, 0) is 40.5 Å².